The number of likely N-dealkylation sites (N-methyl/N-ethyl adjacent to an activating group) is 1. The molecule has 0 N–H and O–H groups in total. The second-order valence-electron chi connectivity index (χ2n) is 3.42. The Hall–Kier alpha value is -0.350. The van der Waals surface area contributed by atoms with Gasteiger partial charge in [0.1, 0.15) is 6.61 Å². The Bertz CT molecular complexity index is 152. The third-order valence-electron chi connectivity index (χ3n) is 0.966. The molecule has 0 spiro atoms. The van der Waals surface area contributed by atoms with Gasteiger partial charge in [0.2, 0.25) is 0 Å². The zero-order valence-electron chi connectivity index (χ0n) is 7.87. The highest BCUT2D eigenvalue weighted by Crippen LogP contribution is 1.91. The summed E-state index contributed by atoms with van der Waals surface area (Å²) in [5, 5.41) is 0. The van der Waals surface area contributed by atoms with Gasteiger partial charge >= 0.3 is 5.97 Å². The van der Waals surface area contributed by atoms with Crippen molar-refractivity contribution in [1.29, 1.82) is 0 Å². The number of nitrogens with zero attached hydrogens (tertiary/aromatic N) is 1. The van der Waals surface area contributed by atoms with Gasteiger partial charge in [0.15, 0.2) is 6.54 Å². The van der Waals surface area contributed by atoms with E-state index in [-0.39, 0.29) is 23.0 Å². The standard InChI is InChI=1S/C8H16NO2.BrH/c1-5-6-11-8(10)7-9(2,3)4;/h5H,1,6-7H2,2-4H3;1H/q+1;. The van der Waals surface area contributed by atoms with Crippen LogP contribution in [0.1, 0.15) is 0 Å². The number of hydrogen-bond donors (Lipinski definition) is 0. The van der Waals surface area contributed by atoms with Gasteiger partial charge in [-0.1, -0.05) is 12.7 Å². The van der Waals surface area contributed by atoms with Crippen LogP contribution < -0.4 is 0 Å². The molecule has 0 aromatic carbocycles. The lowest BCUT2D eigenvalue weighted by atomic mass is 10.5. The molecule has 0 radical (unpaired) electrons. The number of rotatable bonds is 4. The van der Waals surface area contributed by atoms with Crippen LogP contribution in [-0.2, 0) is 9.53 Å². The Labute approximate surface area is 84.4 Å². The van der Waals surface area contributed by atoms with Crippen LogP contribution in [-0.4, -0.2) is 44.7 Å². The van der Waals surface area contributed by atoms with Gasteiger partial charge in [-0.15, -0.1) is 17.0 Å². The summed E-state index contributed by atoms with van der Waals surface area (Å²) in [7, 11) is 5.82. The average molecular weight is 239 g/mol. The minimum atomic E-state index is -0.183. The Morgan fingerprint density at radius 1 is 1.50 bits per heavy atom. The molecular weight excluding hydrogens is 222 g/mol. The predicted molar refractivity (Wildman–Crippen MR) is 54.4 cm³/mol. The highest BCUT2D eigenvalue weighted by Gasteiger charge is 2.14. The van der Waals surface area contributed by atoms with Crippen molar-refractivity contribution in [2.45, 2.75) is 0 Å². The number of carbonyl (C=O) groups is 1. The summed E-state index contributed by atoms with van der Waals surface area (Å²) in [5.41, 5.74) is 0. The lowest BCUT2D eigenvalue weighted by Crippen LogP contribution is -2.40. The molecule has 72 valence electrons. The molecule has 0 unspecified atom stereocenters. The molecule has 0 aliphatic rings. The van der Waals surface area contributed by atoms with Crippen LogP contribution in [0.4, 0.5) is 0 Å². The summed E-state index contributed by atoms with van der Waals surface area (Å²) in [6, 6.07) is 0. The first kappa shape index (κ1) is 14.2. The predicted octanol–water partition coefficient (Wildman–Crippen LogP) is 1.000. The van der Waals surface area contributed by atoms with Gasteiger partial charge in [0, 0.05) is 0 Å². The van der Waals surface area contributed by atoms with Crippen LogP contribution in [0, 0.1) is 0 Å². The van der Waals surface area contributed by atoms with Crippen molar-refractivity contribution in [3.05, 3.63) is 12.7 Å². The second kappa shape index (κ2) is 6.20. The SMILES string of the molecule is Br.C=CCOC(=O)C[N+](C)(C)C. The maximum Gasteiger partial charge on any atom is 0.362 e. The number of carbonyl (C=O) groups excluding carboxylic acids is 1. The zero-order valence-corrected chi connectivity index (χ0v) is 9.58. The average Bonchev–Trinajstić information content (AvgIpc) is 1.79. The van der Waals surface area contributed by atoms with E-state index in [1.165, 1.54) is 0 Å². The Kier molecular flexibility index (Phi) is 7.33. The molecule has 0 saturated heterocycles. The van der Waals surface area contributed by atoms with Crippen LogP contribution in [0.2, 0.25) is 0 Å². The van der Waals surface area contributed by atoms with Crippen molar-refractivity contribution in [3.63, 3.8) is 0 Å². The lowest BCUT2D eigenvalue weighted by molar-refractivity contribution is -0.862. The fourth-order valence-corrected chi connectivity index (χ4v) is 0.585. The summed E-state index contributed by atoms with van der Waals surface area (Å²) in [6.45, 7) is 4.15. The molecule has 0 rings (SSSR count). The topological polar surface area (TPSA) is 26.3 Å². The molecular formula is C8H17BrNO2+. The summed E-state index contributed by atoms with van der Waals surface area (Å²) >= 11 is 0. The Morgan fingerprint density at radius 3 is 2.33 bits per heavy atom. The minimum absolute atomic E-state index is 0. The molecule has 0 saturated carbocycles. The van der Waals surface area contributed by atoms with E-state index in [1.807, 2.05) is 21.1 Å². The fourth-order valence-electron chi connectivity index (χ4n) is 0.585. The number of halogens is 1. The van der Waals surface area contributed by atoms with Gasteiger partial charge in [-0.25, -0.2) is 4.79 Å². The van der Waals surface area contributed by atoms with Gasteiger partial charge in [0.25, 0.3) is 0 Å². The Morgan fingerprint density at radius 2 is 2.00 bits per heavy atom. The van der Waals surface area contributed by atoms with Crippen molar-refractivity contribution in [2.75, 3.05) is 34.3 Å². The van der Waals surface area contributed by atoms with Gasteiger partial charge in [-0.2, -0.15) is 0 Å². The normalized spacial score (nSPS) is 9.92. The van der Waals surface area contributed by atoms with Crippen LogP contribution in [0.5, 0.6) is 0 Å². The van der Waals surface area contributed by atoms with E-state index in [1.54, 1.807) is 6.08 Å². The molecule has 0 amide bonds. The summed E-state index contributed by atoms with van der Waals surface area (Å²) in [5.74, 6) is -0.183. The molecule has 0 aromatic heterocycles. The van der Waals surface area contributed by atoms with E-state index < -0.39 is 0 Å². The van der Waals surface area contributed by atoms with E-state index in [9.17, 15) is 4.79 Å². The monoisotopic (exact) mass is 238 g/mol. The molecule has 0 heterocycles. The summed E-state index contributed by atoms with van der Waals surface area (Å²) < 4.78 is 5.39. The number of hydrogen-bond acceptors (Lipinski definition) is 2. The maximum atomic E-state index is 10.9. The van der Waals surface area contributed by atoms with Crippen LogP contribution in [0.3, 0.4) is 0 Å². The molecule has 0 aromatic rings. The van der Waals surface area contributed by atoms with Gasteiger partial charge in [-0.05, 0) is 0 Å². The van der Waals surface area contributed by atoms with E-state index >= 15 is 0 Å². The van der Waals surface area contributed by atoms with Crippen LogP contribution in [0.25, 0.3) is 0 Å². The van der Waals surface area contributed by atoms with Crippen molar-refractivity contribution >= 4 is 23.0 Å². The number of ether oxygens (including phenoxy) is 1. The molecule has 0 aliphatic carbocycles. The second-order valence-corrected chi connectivity index (χ2v) is 3.42. The lowest BCUT2D eigenvalue weighted by Gasteiger charge is -2.21. The molecule has 0 aliphatic heterocycles. The van der Waals surface area contributed by atoms with E-state index in [0.717, 1.165) is 0 Å². The molecule has 3 nitrogen and oxygen atoms in total. The Balaban J connectivity index is 0. The van der Waals surface area contributed by atoms with Crippen molar-refractivity contribution in [3.8, 4) is 0 Å². The minimum Gasteiger partial charge on any atom is -0.457 e. The van der Waals surface area contributed by atoms with Crippen LogP contribution >= 0.6 is 17.0 Å². The van der Waals surface area contributed by atoms with Crippen molar-refractivity contribution in [1.82, 2.24) is 0 Å². The van der Waals surface area contributed by atoms with Crippen molar-refractivity contribution in [2.24, 2.45) is 0 Å². The summed E-state index contributed by atoms with van der Waals surface area (Å²) in [6.07, 6.45) is 1.56. The van der Waals surface area contributed by atoms with Crippen molar-refractivity contribution < 1.29 is 14.0 Å². The molecule has 0 fully saturated rings. The number of esters is 1. The number of quaternary nitrogens is 1. The fraction of sp³-hybridized carbons (Fsp3) is 0.625. The third-order valence-corrected chi connectivity index (χ3v) is 0.966. The molecule has 4 heteroatoms. The van der Waals surface area contributed by atoms with Crippen LogP contribution in [0.15, 0.2) is 12.7 Å². The maximum absolute atomic E-state index is 10.9. The van der Waals surface area contributed by atoms with E-state index in [0.29, 0.717) is 17.6 Å². The van der Waals surface area contributed by atoms with Gasteiger partial charge in [0.05, 0.1) is 21.1 Å². The highest BCUT2D eigenvalue weighted by atomic mass is 79.9. The molecule has 12 heavy (non-hydrogen) atoms. The molecule has 0 bridgehead atoms. The van der Waals surface area contributed by atoms with Gasteiger partial charge < -0.3 is 9.22 Å². The van der Waals surface area contributed by atoms with E-state index in [4.69, 9.17) is 4.74 Å². The first-order valence-corrected chi connectivity index (χ1v) is 3.52. The first-order valence-electron chi connectivity index (χ1n) is 3.52. The highest BCUT2D eigenvalue weighted by molar-refractivity contribution is 8.93. The summed E-state index contributed by atoms with van der Waals surface area (Å²) in [4.78, 5) is 10.9. The first-order chi connectivity index (χ1) is 4.95. The van der Waals surface area contributed by atoms with E-state index in [2.05, 4.69) is 6.58 Å². The third kappa shape index (κ3) is 9.65. The quantitative estimate of drug-likeness (QED) is 0.415. The van der Waals surface area contributed by atoms with Gasteiger partial charge in [-0.3, -0.25) is 0 Å². The molecule has 0 atom stereocenters. The zero-order chi connectivity index (χ0) is 8.91. The smallest absolute Gasteiger partial charge is 0.362 e. The largest absolute Gasteiger partial charge is 0.457 e.